The van der Waals surface area contributed by atoms with Crippen LogP contribution in [0.3, 0.4) is 0 Å². The van der Waals surface area contributed by atoms with Crippen molar-refractivity contribution in [3.05, 3.63) is 59.7 Å². The zero-order valence-corrected chi connectivity index (χ0v) is 15.7. The molecule has 1 N–H and O–H groups in total. The highest BCUT2D eigenvalue weighted by atomic mass is 32.2. The fraction of sp³-hybridized carbons (Fsp3) is 0.400. The van der Waals surface area contributed by atoms with Gasteiger partial charge in [-0.2, -0.15) is 4.31 Å². The quantitative estimate of drug-likeness (QED) is 0.873. The van der Waals surface area contributed by atoms with Gasteiger partial charge in [0.25, 0.3) is 0 Å². The van der Waals surface area contributed by atoms with Gasteiger partial charge in [-0.3, -0.25) is 0 Å². The van der Waals surface area contributed by atoms with E-state index in [1.165, 1.54) is 11.1 Å². The van der Waals surface area contributed by atoms with Gasteiger partial charge >= 0.3 is 0 Å². The lowest BCUT2D eigenvalue weighted by Gasteiger charge is -2.32. The van der Waals surface area contributed by atoms with E-state index in [9.17, 15) is 8.42 Å². The molecule has 1 unspecified atom stereocenters. The van der Waals surface area contributed by atoms with Gasteiger partial charge in [-0.05, 0) is 56.5 Å². The average Bonchev–Trinajstić information content (AvgIpc) is 2.62. The van der Waals surface area contributed by atoms with Crippen LogP contribution < -0.4 is 5.32 Å². The molecule has 0 radical (unpaired) electrons. The summed E-state index contributed by atoms with van der Waals surface area (Å²) >= 11 is 0. The molecular weight excluding hydrogens is 332 g/mol. The largest absolute Gasteiger partial charge is 0.381 e. The fourth-order valence-electron chi connectivity index (χ4n) is 3.22. The molecule has 0 amide bonds. The van der Waals surface area contributed by atoms with Crippen LogP contribution in [-0.4, -0.2) is 25.3 Å². The van der Waals surface area contributed by atoms with Crippen molar-refractivity contribution in [2.24, 2.45) is 0 Å². The first kappa shape index (κ1) is 18.0. The Bertz CT molecular complexity index is 799. The molecule has 0 aliphatic carbocycles. The van der Waals surface area contributed by atoms with E-state index in [1.807, 2.05) is 19.1 Å². The van der Waals surface area contributed by atoms with Crippen LogP contribution in [-0.2, 0) is 16.6 Å². The van der Waals surface area contributed by atoms with Crippen LogP contribution in [0.25, 0.3) is 0 Å². The predicted octanol–water partition coefficient (Wildman–Crippen LogP) is 4.17. The first-order valence-corrected chi connectivity index (χ1v) is 10.3. The van der Waals surface area contributed by atoms with Crippen LogP contribution >= 0.6 is 0 Å². The Kier molecular flexibility index (Phi) is 5.45. The molecule has 1 heterocycles. The number of nitrogens with one attached hydrogen (secondary N) is 1. The monoisotopic (exact) mass is 358 g/mol. The molecule has 1 atom stereocenters. The molecule has 1 fully saturated rings. The van der Waals surface area contributed by atoms with E-state index in [4.69, 9.17) is 0 Å². The Morgan fingerprint density at radius 1 is 1.04 bits per heavy atom. The van der Waals surface area contributed by atoms with E-state index >= 15 is 0 Å². The molecule has 1 aliphatic heterocycles. The van der Waals surface area contributed by atoms with Crippen LogP contribution in [0.2, 0.25) is 0 Å². The minimum atomic E-state index is -3.39. The first-order chi connectivity index (χ1) is 12.0. The van der Waals surface area contributed by atoms with Gasteiger partial charge in [0.05, 0.1) is 4.90 Å². The minimum Gasteiger partial charge on any atom is -0.381 e. The zero-order chi connectivity index (χ0) is 17.9. The van der Waals surface area contributed by atoms with Crippen LogP contribution in [0.5, 0.6) is 0 Å². The second kappa shape index (κ2) is 7.58. The Morgan fingerprint density at radius 2 is 1.72 bits per heavy atom. The van der Waals surface area contributed by atoms with Gasteiger partial charge in [0.15, 0.2) is 0 Å². The molecule has 0 spiro atoms. The summed E-state index contributed by atoms with van der Waals surface area (Å²) in [6.07, 6.45) is 2.99. The lowest BCUT2D eigenvalue weighted by molar-refractivity contribution is 0.268. The van der Waals surface area contributed by atoms with Crippen molar-refractivity contribution in [3.63, 3.8) is 0 Å². The summed E-state index contributed by atoms with van der Waals surface area (Å²) in [4.78, 5) is 0.377. The van der Waals surface area contributed by atoms with Crippen molar-refractivity contribution in [2.45, 2.75) is 50.6 Å². The predicted molar refractivity (Wildman–Crippen MR) is 102 cm³/mol. The summed E-state index contributed by atoms with van der Waals surface area (Å²) in [6, 6.07) is 15.5. The van der Waals surface area contributed by atoms with Crippen LogP contribution in [0, 0.1) is 6.92 Å². The number of rotatable bonds is 5. The van der Waals surface area contributed by atoms with Crippen LogP contribution in [0.1, 0.15) is 37.3 Å². The molecule has 4 nitrogen and oxygen atoms in total. The highest BCUT2D eigenvalue weighted by Gasteiger charge is 2.30. The Labute approximate surface area is 150 Å². The maximum Gasteiger partial charge on any atom is 0.243 e. The topological polar surface area (TPSA) is 49.4 Å². The van der Waals surface area contributed by atoms with E-state index in [0.717, 1.165) is 31.5 Å². The van der Waals surface area contributed by atoms with E-state index in [0.29, 0.717) is 11.4 Å². The molecule has 0 aromatic heterocycles. The lowest BCUT2D eigenvalue weighted by Crippen LogP contribution is -2.41. The van der Waals surface area contributed by atoms with Crippen molar-refractivity contribution in [1.29, 1.82) is 0 Å². The van der Waals surface area contributed by atoms with Gasteiger partial charge < -0.3 is 5.32 Å². The van der Waals surface area contributed by atoms with Gasteiger partial charge in [-0.25, -0.2) is 8.42 Å². The van der Waals surface area contributed by atoms with Crippen molar-refractivity contribution in [2.75, 3.05) is 11.9 Å². The summed E-state index contributed by atoms with van der Waals surface area (Å²) in [7, 11) is -3.39. The average molecular weight is 359 g/mol. The number of piperidine rings is 1. The van der Waals surface area contributed by atoms with Gasteiger partial charge in [-0.1, -0.05) is 36.2 Å². The smallest absolute Gasteiger partial charge is 0.243 e. The molecule has 0 bridgehead atoms. The van der Waals surface area contributed by atoms with Gasteiger partial charge in [0, 0.05) is 24.8 Å². The van der Waals surface area contributed by atoms with E-state index < -0.39 is 10.0 Å². The first-order valence-electron chi connectivity index (χ1n) is 8.88. The van der Waals surface area contributed by atoms with Gasteiger partial charge in [0.2, 0.25) is 10.0 Å². The highest BCUT2D eigenvalue weighted by molar-refractivity contribution is 7.89. The Morgan fingerprint density at radius 3 is 2.36 bits per heavy atom. The van der Waals surface area contributed by atoms with Crippen molar-refractivity contribution in [3.8, 4) is 0 Å². The van der Waals surface area contributed by atoms with Crippen molar-refractivity contribution < 1.29 is 8.42 Å². The number of hydrogen-bond donors (Lipinski definition) is 1. The molecule has 134 valence electrons. The van der Waals surface area contributed by atoms with Crippen molar-refractivity contribution in [1.82, 2.24) is 4.31 Å². The Balaban J connectivity index is 1.68. The molecule has 5 heteroatoms. The SMILES string of the molecule is Cc1ccc(CNc2ccc(S(=O)(=O)N3CCCCC3C)cc2)cc1. The molecule has 3 rings (SSSR count). The van der Waals surface area contributed by atoms with E-state index in [2.05, 4.69) is 36.5 Å². The molecule has 2 aromatic rings. The Hall–Kier alpha value is -1.85. The fourth-order valence-corrected chi connectivity index (χ4v) is 4.92. The van der Waals surface area contributed by atoms with E-state index in [1.54, 1.807) is 16.4 Å². The summed E-state index contributed by atoms with van der Waals surface area (Å²) in [6.45, 7) is 5.40. The summed E-state index contributed by atoms with van der Waals surface area (Å²) in [5.41, 5.74) is 3.36. The van der Waals surface area contributed by atoms with Crippen molar-refractivity contribution >= 4 is 15.7 Å². The molecule has 0 saturated carbocycles. The molecule has 25 heavy (non-hydrogen) atoms. The lowest BCUT2D eigenvalue weighted by atomic mass is 10.1. The zero-order valence-electron chi connectivity index (χ0n) is 14.9. The normalized spacial score (nSPS) is 18.9. The second-order valence-corrected chi connectivity index (χ2v) is 8.71. The second-order valence-electron chi connectivity index (χ2n) is 6.82. The highest BCUT2D eigenvalue weighted by Crippen LogP contribution is 2.26. The molecule has 1 aliphatic rings. The minimum absolute atomic E-state index is 0.0816. The third-order valence-electron chi connectivity index (χ3n) is 4.82. The number of benzene rings is 2. The number of nitrogens with zero attached hydrogens (tertiary/aromatic N) is 1. The maximum atomic E-state index is 12.8. The summed E-state index contributed by atoms with van der Waals surface area (Å²) in [5.74, 6) is 0. The van der Waals surface area contributed by atoms with Crippen LogP contribution in [0.4, 0.5) is 5.69 Å². The standard InChI is InChI=1S/C20H26N2O2S/c1-16-6-8-18(9-7-16)15-21-19-10-12-20(13-11-19)25(23,24)22-14-4-3-5-17(22)2/h6-13,17,21H,3-5,14-15H2,1-2H3. The number of hydrogen-bond acceptors (Lipinski definition) is 3. The maximum absolute atomic E-state index is 12.8. The third-order valence-corrected chi connectivity index (χ3v) is 6.85. The van der Waals surface area contributed by atoms with Gasteiger partial charge in [0.1, 0.15) is 0 Å². The number of sulfonamides is 1. The van der Waals surface area contributed by atoms with Gasteiger partial charge in [-0.15, -0.1) is 0 Å². The molecule has 1 saturated heterocycles. The summed E-state index contributed by atoms with van der Waals surface area (Å²) < 4.78 is 27.3. The molecule has 2 aromatic carbocycles. The molecular formula is C20H26N2O2S. The summed E-state index contributed by atoms with van der Waals surface area (Å²) in [5, 5.41) is 3.34. The number of aryl methyl sites for hydroxylation is 1. The van der Waals surface area contributed by atoms with E-state index in [-0.39, 0.29) is 6.04 Å². The third kappa shape index (κ3) is 4.22. The number of anilines is 1. The van der Waals surface area contributed by atoms with Crippen LogP contribution in [0.15, 0.2) is 53.4 Å².